The minimum absolute atomic E-state index is 0.252. The second-order valence-electron chi connectivity index (χ2n) is 6.69. The Labute approximate surface area is 163 Å². The molecule has 1 aliphatic rings. The molecule has 1 aliphatic heterocycles. The molecule has 3 aromatic rings. The second kappa shape index (κ2) is 7.59. The van der Waals surface area contributed by atoms with Crippen LogP contribution in [0.15, 0.2) is 41.3 Å². The van der Waals surface area contributed by atoms with Gasteiger partial charge in [-0.3, -0.25) is 9.88 Å². The van der Waals surface area contributed by atoms with Crippen molar-refractivity contribution in [3.63, 3.8) is 0 Å². The zero-order valence-electron chi connectivity index (χ0n) is 15.1. The molecule has 9 heteroatoms. The highest BCUT2D eigenvalue weighted by Crippen LogP contribution is 2.25. The lowest BCUT2D eigenvalue weighted by molar-refractivity contribution is 0.275. The van der Waals surface area contributed by atoms with E-state index in [4.69, 9.17) is 0 Å². The summed E-state index contributed by atoms with van der Waals surface area (Å²) in [6.45, 7) is 5.22. The number of aryl methyl sites for hydroxylation is 1. The van der Waals surface area contributed by atoms with Gasteiger partial charge in [-0.2, -0.15) is 13.1 Å². The fourth-order valence-corrected chi connectivity index (χ4v) is 5.61. The zero-order chi connectivity index (χ0) is 18.9. The first-order valence-electron chi connectivity index (χ1n) is 8.90. The Morgan fingerprint density at radius 2 is 1.89 bits per heavy atom. The number of nitrogens with zero attached hydrogens (tertiary/aromatic N) is 5. The summed E-state index contributed by atoms with van der Waals surface area (Å²) in [5.41, 5.74) is 3.11. The van der Waals surface area contributed by atoms with Crippen molar-refractivity contribution in [2.24, 2.45) is 0 Å². The van der Waals surface area contributed by atoms with Crippen molar-refractivity contribution in [2.45, 2.75) is 24.8 Å². The van der Waals surface area contributed by atoms with Gasteiger partial charge in [-0.25, -0.2) is 8.42 Å². The summed E-state index contributed by atoms with van der Waals surface area (Å²) in [4.78, 5) is 7.07. The molecule has 1 fully saturated rings. The van der Waals surface area contributed by atoms with Gasteiger partial charge in [0.05, 0.1) is 17.4 Å². The smallest absolute Gasteiger partial charge is 0.245 e. The fraction of sp³-hybridized carbons (Fsp3) is 0.389. The van der Waals surface area contributed by atoms with Crippen LogP contribution in [0.5, 0.6) is 0 Å². The van der Waals surface area contributed by atoms with E-state index in [0.717, 1.165) is 42.6 Å². The molecule has 0 bridgehead atoms. The lowest BCUT2D eigenvalue weighted by Gasteiger charge is -2.21. The van der Waals surface area contributed by atoms with E-state index in [0.29, 0.717) is 30.7 Å². The Morgan fingerprint density at radius 1 is 1.04 bits per heavy atom. The van der Waals surface area contributed by atoms with Gasteiger partial charge in [0.2, 0.25) is 10.0 Å². The summed E-state index contributed by atoms with van der Waals surface area (Å²) in [5, 5.41) is 0. The molecule has 3 heterocycles. The lowest BCUT2D eigenvalue weighted by Crippen LogP contribution is -2.35. The summed E-state index contributed by atoms with van der Waals surface area (Å²) < 4.78 is 36.3. The molecular formula is C18H21N5O2S2. The number of fused-ring (bicyclic) bond motifs is 1. The number of benzene rings is 1. The van der Waals surface area contributed by atoms with Gasteiger partial charge in [-0.15, -0.1) is 0 Å². The van der Waals surface area contributed by atoms with Crippen molar-refractivity contribution in [3.05, 3.63) is 47.8 Å². The highest BCUT2D eigenvalue weighted by molar-refractivity contribution is 7.89. The molecule has 0 spiro atoms. The minimum Gasteiger partial charge on any atom is -0.296 e. The van der Waals surface area contributed by atoms with Crippen molar-refractivity contribution in [1.29, 1.82) is 0 Å². The fourth-order valence-electron chi connectivity index (χ4n) is 3.39. The van der Waals surface area contributed by atoms with Gasteiger partial charge in [0.25, 0.3) is 0 Å². The van der Waals surface area contributed by atoms with E-state index in [1.165, 1.54) is 0 Å². The molecule has 0 aliphatic carbocycles. The molecule has 4 rings (SSSR count). The molecule has 0 radical (unpaired) electrons. The molecule has 1 saturated heterocycles. The van der Waals surface area contributed by atoms with E-state index >= 15 is 0 Å². The Kier molecular flexibility index (Phi) is 5.18. The number of rotatable bonds is 4. The Bertz CT molecular complexity index is 1050. The van der Waals surface area contributed by atoms with E-state index in [1.807, 2.05) is 25.1 Å². The summed E-state index contributed by atoms with van der Waals surface area (Å²) in [7, 11) is -3.59. The van der Waals surface area contributed by atoms with Crippen LogP contribution < -0.4 is 0 Å². The van der Waals surface area contributed by atoms with Crippen LogP contribution in [0.4, 0.5) is 0 Å². The molecule has 2 aromatic heterocycles. The molecule has 0 N–H and O–H groups in total. The third kappa shape index (κ3) is 3.86. The van der Waals surface area contributed by atoms with Crippen molar-refractivity contribution >= 4 is 32.8 Å². The maximum absolute atomic E-state index is 13.2. The van der Waals surface area contributed by atoms with E-state index in [1.54, 1.807) is 22.5 Å². The van der Waals surface area contributed by atoms with E-state index in [9.17, 15) is 8.42 Å². The van der Waals surface area contributed by atoms with E-state index in [-0.39, 0.29) is 4.90 Å². The molecular weight excluding hydrogens is 382 g/mol. The van der Waals surface area contributed by atoms with Crippen LogP contribution in [-0.4, -0.2) is 57.5 Å². The maximum Gasteiger partial charge on any atom is 0.245 e. The Balaban J connectivity index is 1.51. The topological polar surface area (TPSA) is 79.3 Å². The number of hydrogen-bond donors (Lipinski definition) is 0. The first-order valence-corrected chi connectivity index (χ1v) is 11.1. The van der Waals surface area contributed by atoms with Gasteiger partial charge in [0, 0.05) is 31.9 Å². The van der Waals surface area contributed by atoms with Gasteiger partial charge < -0.3 is 0 Å². The molecule has 0 atom stereocenters. The largest absolute Gasteiger partial charge is 0.296 e. The van der Waals surface area contributed by atoms with Crippen molar-refractivity contribution < 1.29 is 8.42 Å². The highest BCUT2D eigenvalue weighted by atomic mass is 32.2. The van der Waals surface area contributed by atoms with Crippen LogP contribution in [0, 0.1) is 6.92 Å². The van der Waals surface area contributed by atoms with E-state index in [2.05, 4.69) is 18.6 Å². The van der Waals surface area contributed by atoms with Crippen LogP contribution in [0.2, 0.25) is 0 Å². The van der Waals surface area contributed by atoms with Crippen LogP contribution >= 0.6 is 11.7 Å². The van der Waals surface area contributed by atoms with Crippen molar-refractivity contribution in [1.82, 2.24) is 22.9 Å². The van der Waals surface area contributed by atoms with Crippen LogP contribution in [-0.2, 0) is 16.6 Å². The van der Waals surface area contributed by atoms with E-state index < -0.39 is 10.0 Å². The molecule has 1 aromatic carbocycles. The average molecular weight is 404 g/mol. The van der Waals surface area contributed by atoms with Gasteiger partial charge >= 0.3 is 0 Å². The molecule has 0 amide bonds. The van der Waals surface area contributed by atoms with Crippen LogP contribution in [0.1, 0.15) is 17.8 Å². The number of sulfonamides is 1. The highest BCUT2D eigenvalue weighted by Gasteiger charge is 2.29. The first kappa shape index (κ1) is 18.4. The minimum atomic E-state index is -3.59. The molecule has 0 saturated carbocycles. The molecule has 0 unspecified atom stereocenters. The Morgan fingerprint density at radius 3 is 2.74 bits per heavy atom. The van der Waals surface area contributed by atoms with Crippen molar-refractivity contribution in [2.75, 3.05) is 26.2 Å². The summed E-state index contributed by atoms with van der Waals surface area (Å²) in [5.74, 6) is 0. The zero-order valence-corrected chi connectivity index (χ0v) is 16.7. The number of hydrogen-bond acceptors (Lipinski definition) is 7. The normalized spacial score (nSPS) is 17.2. The van der Waals surface area contributed by atoms with Crippen LogP contribution in [0.3, 0.4) is 0 Å². The average Bonchev–Trinajstić information content (AvgIpc) is 3.00. The SMILES string of the molecule is Cc1cccc(CN2CCCN(S(=O)(=O)c3cccc4nsnc34)CC2)n1. The quantitative estimate of drug-likeness (QED) is 0.665. The van der Waals surface area contributed by atoms with Gasteiger partial charge in [0.15, 0.2) is 0 Å². The second-order valence-corrected chi connectivity index (χ2v) is 9.13. The van der Waals surface area contributed by atoms with Gasteiger partial charge in [-0.1, -0.05) is 12.1 Å². The third-order valence-corrected chi connectivity index (χ3v) is 7.22. The molecule has 7 nitrogen and oxygen atoms in total. The molecule has 27 heavy (non-hydrogen) atoms. The van der Waals surface area contributed by atoms with Gasteiger partial charge in [-0.05, 0) is 44.2 Å². The Hall–Kier alpha value is -1.94. The first-order chi connectivity index (χ1) is 13.0. The predicted molar refractivity (Wildman–Crippen MR) is 105 cm³/mol. The monoisotopic (exact) mass is 403 g/mol. The van der Waals surface area contributed by atoms with Crippen LogP contribution in [0.25, 0.3) is 11.0 Å². The van der Waals surface area contributed by atoms with Gasteiger partial charge in [0.1, 0.15) is 15.9 Å². The predicted octanol–water partition coefficient (Wildman–Crippen LogP) is 2.29. The summed E-state index contributed by atoms with van der Waals surface area (Å²) in [6, 6.07) is 11.1. The summed E-state index contributed by atoms with van der Waals surface area (Å²) in [6.07, 6.45) is 0.788. The third-order valence-electron chi connectivity index (χ3n) is 4.75. The molecule has 142 valence electrons. The number of aromatic nitrogens is 3. The van der Waals surface area contributed by atoms with Crippen molar-refractivity contribution in [3.8, 4) is 0 Å². The number of pyridine rings is 1. The maximum atomic E-state index is 13.2. The standard InChI is InChI=1S/C18H21N5O2S2/c1-14-5-2-6-15(19-14)13-22-9-4-10-23(12-11-22)27(24,25)17-8-3-7-16-18(17)21-26-20-16/h2-3,5-8H,4,9-13H2,1H3. The lowest BCUT2D eigenvalue weighted by atomic mass is 10.3. The summed E-state index contributed by atoms with van der Waals surface area (Å²) >= 11 is 1.04.